The first-order valence-electron chi connectivity index (χ1n) is 5.40. The monoisotopic (exact) mass is 256 g/mol. The SMILES string of the molecule is Cc1nn(C)c2c1NC(=O)C(CCS(C)=O)N2. The Balaban J connectivity index is 2.17. The minimum atomic E-state index is -0.883. The molecule has 1 aliphatic heterocycles. The normalized spacial score (nSPS) is 20.4. The van der Waals surface area contributed by atoms with E-state index in [1.165, 1.54) is 0 Å². The van der Waals surface area contributed by atoms with Crippen LogP contribution >= 0.6 is 0 Å². The number of nitrogens with zero attached hydrogens (tertiary/aromatic N) is 2. The molecular formula is C10H16N4O2S. The lowest BCUT2D eigenvalue weighted by molar-refractivity contribution is -0.117. The van der Waals surface area contributed by atoms with Gasteiger partial charge in [0.15, 0.2) is 0 Å². The van der Waals surface area contributed by atoms with Crippen LogP contribution in [0.15, 0.2) is 0 Å². The van der Waals surface area contributed by atoms with E-state index in [-0.39, 0.29) is 11.9 Å². The Morgan fingerprint density at radius 3 is 2.88 bits per heavy atom. The number of carbonyl (C=O) groups is 1. The fraction of sp³-hybridized carbons (Fsp3) is 0.600. The van der Waals surface area contributed by atoms with Crippen LogP contribution in [0.3, 0.4) is 0 Å². The maximum atomic E-state index is 11.8. The van der Waals surface area contributed by atoms with E-state index in [1.807, 2.05) is 14.0 Å². The highest BCUT2D eigenvalue weighted by molar-refractivity contribution is 7.84. The Bertz CT molecular complexity index is 483. The predicted octanol–water partition coefficient (Wildman–Crippen LogP) is 0.230. The zero-order valence-corrected chi connectivity index (χ0v) is 10.9. The van der Waals surface area contributed by atoms with E-state index in [4.69, 9.17) is 0 Å². The molecule has 0 bridgehead atoms. The van der Waals surface area contributed by atoms with E-state index in [2.05, 4.69) is 15.7 Å². The first-order valence-corrected chi connectivity index (χ1v) is 7.12. The van der Waals surface area contributed by atoms with Crippen LogP contribution in [-0.4, -0.2) is 37.9 Å². The number of carbonyl (C=O) groups excluding carboxylic acids is 1. The van der Waals surface area contributed by atoms with Crippen molar-refractivity contribution in [1.82, 2.24) is 9.78 Å². The Labute approximate surface area is 102 Å². The molecule has 1 amide bonds. The molecule has 1 aromatic heterocycles. The van der Waals surface area contributed by atoms with Crippen LogP contribution in [-0.2, 0) is 22.6 Å². The molecule has 2 rings (SSSR count). The summed E-state index contributed by atoms with van der Waals surface area (Å²) in [6.45, 7) is 1.85. The van der Waals surface area contributed by atoms with Gasteiger partial charge in [-0.1, -0.05) is 0 Å². The lowest BCUT2D eigenvalue weighted by Gasteiger charge is -2.24. The quantitative estimate of drug-likeness (QED) is 0.811. The van der Waals surface area contributed by atoms with Gasteiger partial charge in [-0.25, -0.2) is 0 Å². The molecule has 0 aromatic carbocycles. The molecule has 0 saturated heterocycles. The summed E-state index contributed by atoms with van der Waals surface area (Å²) >= 11 is 0. The van der Waals surface area contributed by atoms with Crippen LogP contribution in [0.5, 0.6) is 0 Å². The van der Waals surface area contributed by atoms with E-state index >= 15 is 0 Å². The Morgan fingerprint density at radius 2 is 2.24 bits per heavy atom. The zero-order valence-electron chi connectivity index (χ0n) is 10.1. The number of amides is 1. The minimum absolute atomic E-state index is 0.0842. The third kappa shape index (κ3) is 2.33. The van der Waals surface area contributed by atoms with E-state index in [9.17, 15) is 9.00 Å². The van der Waals surface area contributed by atoms with Crippen LogP contribution in [0, 0.1) is 6.92 Å². The largest absolute Gasteiger partial charge is 0.357 e. The molecule has 2 heterocycles. The second-order valence-corrected chi connectivity index (χ2v) is 5.74. The van der Waals surface area contributed by atoms with Gasteiger partial charge in [-0.05, 0) is 13.3 Å². The lowest BCUT2D eigenvalue weighted by atomic mass is 10.1. The standard InChI is InChI=1S/C10H16N4O2S/c1-6-8-9(14(2)13-6)11-7(10(15)12-8)4-5-17(3)16/h7,11H,4-5H2,1-3H3,(H,12,15). The van der Waals surface area contributed by atoms with E-state index in [0.29, 0.717) is 12.2 Å². The topological polar surface area (TPSA) is 76.0 Å². The van der Waals surface area contributed by atoms with Crippen molar-refractivity contribution < 1.29 is 9.00 Å². The van der Waals surface area contributed by atoms with Crippen molar-refractivity contribution in [2.75, 3.05) is 22.6 Å². The van der Waals surface area contributed by atoms with Gasteiger partial charge >= 0.3 is 0 Å². The summed E-state index contributed by atoms with van der Waals surface area (Å²) in [6, 6.07) is -0.332. The summed E-state index contributed by atoms with van der Waals surface area (Å²) in [5, 5.41) is 10.2. The van der Waals surface area contributed by atoms with Crippen molar-refractivity contribution in [3.05, 3.63) is 5.69 Å². The van der Waals surface area contributed by atoms with Gasteiger partial charge in [-0.15, -0.1) is 0 Å². The number of nitrogens with one attached hydrogen (secondary N) is 2. The van der Waals surface area contributed by atoms with Crippen molar-refractivity contribution in [2.24, 2.45) is 7.05 Å². The summed E-state index contributed by atoms with van der Waals surface area (Å²) in [7, 11) is 0.942. The second kappa shape index (κ2) is 4.48. The highest BCUT2D eigenvalue weighted by atomic mass is 32.2. The minimum Gasteiger partial charge on any atom is -0.357 e. The van der Waals surface area contributed by atoms with Gasteiger partial charge in [0.2, 0.25) is 5.91 Å². The summed E-state index contributed by atoms with van der Waals surface area (Å²) < 4.78 is 12.8. The smallest absolute Gasteiger partial charge is 0.247 e. The van der Waals surface area contributed by atoms with Gasteiger partial charge in [0.1, 0.15) is 17.5 Å². The van der Waals surface area contributed by atoms with Crippen molar-refractivity contribution >= 4 is 28.2 Å². The van der Waals surface area contributed by atoms with E-state index < -0.39 is 10.8 Å². The molecule has 0 saturated carbocycles. The number of anilines is 2. The molecule has 1 aromatic rings. The summed E-state index contributed by atoms with van der Waals surface area (Å²) in [6.07, 6.45) is 2.19. The van der Waals surface area contributed by atoms with Crippen LogP contribution in [0.4, 0.5) is 11.5 Å². The van der Waals surface area contributed by atoms with Crippen LogP contribution in [0.1, 0.15) is 12.1 Å². The molecule has 1 aliphatic rings. The van der Waals surface area contributed by atoms with E-state index in [0.717, 1.165) is 17.2 Å². The van der Waals surface area contributed by atoms with Crippen molar-refractivity contribution in [3.63, 3.8) is 0 Å². The molecule has 2 atom stereocenters. The molecule has 2 unspecified atom stereocenters. The number of hydrogen-bond acceptors (Lipinski definition) is 4. The van der Waals surface area contributed by atoms with Gasteiger partial charge in [0.25, 0.3) is 0 Å². The fourth-order valence-electron chi connectivity index (χ4n) is 1.90. The number of fused-ring (bicyclic) bond motifs is 1. The second-order valence-electron chi connectivity index (χ2n) is 4.18. The van der Waals surface area contributed by atoms with Gasteiger partial charge in [0.05, 0.1) is 5.69 Å². The zero-order chi connectivity index (χ0) is 12.6. The molecule has 2 N–H and O–H groups in total. The van der Waals surface area contributed by atoms with Gasteiger partial charge in [-0.3, -0.25) is 13.7 Å². The van der Waals surface area contributed by atoms with E-state index in [1.54, 1.807) is 10.9 Å². The van der Waals surface area contributed by atoms with Crippen molar-refractivity contribution in [3.8, 4) is 0 Å². The van der Waals surface area contributed by atoms with Crippen LogP contribution < -0.4 is 10.6 Å². The molecule has 94 valence electrons. The number of aryl methyl sites for hydroxylation is 2. The summed E-state index contributed by atoms with van der Waals surface area (Å²) in [5.74, 6) is 1.24. The van der Waals surface area contributed by atoms with Crippen LogP contribution in [0.2, 0.25) is 0 Å². The molecule has 0 radical (unpaired) electrons. The first-order chi connectivity index (χ1) is 7.99. The maximum absolute atomic E-state index is 11.8. The highest BCUT2D eigenvalue weighted by Gasteiger charge is 2.29. The average Bonchev–Trinajstić information content (AvgIpc) is 2.51. The molecular weight excluding hydrogens is 240 g/mol. The summed E-state index contributed by atoms with van der Waals surface area (Å²) in [5.41, 5.74) is 1.53. The maximum Gasteiger partial charge on any atom is 0.247 e. The predicted molar refractivity (Wildman–Crippen MR) is 67.5 cm³/mol. The van der Waals surface area contributed by atoms with Crippen LogP contribution in [0.25, 0.3) is 0 Å². The van der Waals surface area contributed by atoms with Crippen molar-refractivity contribution in [2.45, 2.75) is 19.4 Å². The third-order valence-electron chi connectivity index (χ3n) is 2.79. The molecule has 0 aliphatic carbocycles. The Kier molecular flexibility index (Phi) is 3.19. The Hall–Kier alpha value is -1.37. The van der Waals surface area contributed by atoms with Gasteiger partial charge in [-0.2, -0.15) is 5.10 Å². The number of hydrogen-bond donors (Lipinski definition) is 2. The molecule has 6 nitrogen and oxygen atoms in total. The average molecular weight is 256 g/mol. The molecule has 0 spiro atoms. The first kappa shape index (κ1) is 12.1. The Morgan fingerprint density at radius 1 is 1.53 bits per heavy atom. The number of rotatable bonds is 3. The third-order valence-corrected chi connectivity index (χ3v) is 3.60. The summed E-state index contributed by atoms with van der Waals surface area (Å²) in [4.78, 5) is 11.8. The molecule has 0 fully saturated rings. The van der Waals surface area contributed by atoms with Gasteiger partial charge in [0, 0.05) is 29.9 Å². The van der Waals surface area contributed by atoms with Gasteiger partial charge < -0.3 is 10.6 Å². The number of aromatic nitrogens is 2. The van der Waals surface area contributed by atoms with Crippen molar-refractivity contribution in [1.29, 1.82) is 0 Å². The molecule has 7 heteroatoms. The fourth-order valence-corrected chi connectivity index (χ4v) is 2.47. The highest BCUT2D eigenvalue weighted by Crippen LogP contribution is 2.29. The molecule has 17 heavy (non-hydrogen) atoms. The lowest BCUT2D eigenvalue weighted by Crippen LogP contribution is -2.40.